The third-order valence-corrected chi connectivity index (χ3v) is 5.97. The first-order valence-corrected chi connectivity index (χ1v) is 10.4. The number of nitrogens with one attached hydrogen (secondary N) is 1. The van der Waals surface area contributed by atoms with Crippen molar-refractivity contribution in [3.8, 4) is 0 Å². The van der Waals surface area contributed by atoms with E-state index in [9.17, 15) is 19.2 Å². The lowest BCUT2D eigenvalue weighted by Crippen LogP contribution is -2.54. The Kier molecular flexibility index (Phi) is 5.85. The maximum absolute atomic E-state index is 13.0. The van der Waals surface area contributed by atoms with Gasteiger partial charge in [0.05, 0.1) is 0 Å². The summed E-state index contributed by atoms with van der Waals surface area (Å²) < 4.78 is 5.84. The number of benzene rings is 1. The minimum atomic E-state index is -0.966. The Hall–Kier alpha value is -2.22. The first-order valence-electron chi connectivity index (χ1n) is 9.60. The highest BCUT2D eigenvalue weighted by Crippen LogP contribution is 2.46. The first-order chi connectivity index (χ1) is 13.5. The zero-order valence-corrected chi connectivity index (χ0v) is 18.4. The predicted molar refractivity (Wildman–Crippen MR) is 109 cm³/mol. The smallest absolute Gasteiger partial charge is 0.326 e. The molecule has 1 aromatic carbocycles. The van der Waals surface area contributed by atoms with Crippen molar-refractivity contribution in [1.29, 1.82) is 0 Å². The molecule has 1 saturated heterocycles. The predicted octanol–water partition coefficient (Wildman–Crippen LogP) is 3.31. The highest BCUT2D eigenvalue weighted by molar-refractivity contribution is 9.10. The van der Waals surface area contributed by atoms with Gasteiger partial charge in [-0.05, 0) is 42.7 Å². The Bertz CT molecular complexity index is 851. The van der Waals surface area contributed by atoms with Gasteiger partial charge < -0.3 is 10.1 Å². The van der Waals surface area contributed by atoms with Crippen LogP contribution in [0.5, 0.6) is 0 Å². The molecule has 0 radical (unpaired) electrons. The second kappa shape index (κ2) is 7.89. The van der Waals surface area contributed by atoms with Crippen LogP contribution >= 0.6 is 15.9 Å². The average molecular weight is 465 g/mol. The number of carbonyl (C=O) groups is 4. The van der Waals surface area contributed by atoms with Gasteiger partial charge in [0, 0.05) is 10.0 Å². The fraction of sp³-hybridized carbons (Fsp3) is 0.524. The van der Waals surface area contributed by atoms with Gasteiger partial charge in [-0.15, -0.1) is 0 Å². The lowest BCUT2D eigenvalue weighted by atomic mass is 9.64. The molecule has 3 amide bonds. The standard InChI is InChI=1S/C21H25BrN2O5/c1-13-8-20(2,3)12-21(9-13)18(27)24(19(28)23-21)10-17(26)29-11-16(25)14-4-6-15(22)7-5-14/h4-7,13H,8-12H2,1-3H3,(H,23,28). The van der Waals surface area contributed by atoms with E-state index in [0.29, 0.717) is 18.4 Å². The molecule has 8 heteroatoms. The van der Waals surface area contributed by atoms with E-state index in [2.05, 4.69) is 42.0 Å². The summed E-state index contributed by atoms with van der Waals surface area (Å²) in [4.78, 5) is 50.6. The molecule has 2 atom stereocenters. The molecule has 2 fully saturated rings. The van der Waals surface area contributed by atoms with Crippen molar-refractivity contribution in [1.82, 2.24) is 10.2 Å². The Balaban J connectivity index is 1.60. The molecule has 0 aromatic heterocycles. The van der Waals surface area contributed by atoms with E-state index in [-0.39, 0.29) is 17.1 Å². The van der Waals surface area contributed by atoms with E-state index >= 15 is 0 Å². The van der Waals surface area contributed by atoms with Crippen LogP contribution in [-0.4, -0.2) is 47.3 Å². The lowest BCUT2D eigenvalue weighted by molar-refractivity contribution is -0.147. The summed E-state index contributed by atoms with van der Waals surface area (Å²) in [5.74, 6) is -1.27. The van der Waals surface area contributed by atoms with Crippen molar-refractivity contribution in [2.24, 2.45) is 11.3 Å². The van der Waals surface area contributed by atoms with Gasteiger partial charge >= 0.3 is 12.0 Å². The monoisotopic (exact) mass is 464 g/mol. The van der Waals surface area contributed by atoms with Gasteiger partial charge in [-0.2, -0.15) is 0 Å². The summed E-state index contributed by atoms with van der Waals surface area (Å²) in [6.45, 7) is 5.27. The van der Waals surface area contributed by atoms with Crippen molar-refractivity contribution < 1.29 is 23.9 Å². The van der Waals surface area contributed by atoms with E-state index in [0.717, 1.165) is 15.8 Å². The summed E-state index contributed by atoms with van der Waals surface area (Å²) in [5, 5.41) is 2.81. The second-order valence-electron chi connectivity index (χ2n) is 8.85. The third-order valence-electron chi connectivity index (χ3n) is 5.44. The molecule has 3 rings (SSSR count). The topological polar surface area (TPSA) is 92.8 Å². The Morgan fingerprint density at radius 2 is 1.86 bits per heavy atom. The van der Waals surface area contributed by atoms with Crippen molar-refractivity contribution in [2.45, 2.75) is 45.6 Å². The number of hydrogen-bond donors (Lipinski definition) is 1. The van der Waals surface area contributed by atoms with Crippen LogP contribution in [0.3, 0.4) is 0 Å². The molecule has 1 aliphatic heterocycles. The summed E-state index contributed by atoms with van der Waals surface area (Å²) in [7, 11) is 0. The van der Waals surface area contributed by atoms with Gasteiger partial charge in [0.15, 0.2) is 12.4 Å². The molecule has 7 nitrogen and oxygen atoms in total. The van der Waals surface area contributed by atoms with Crippen molar-refractivity contribution in [2.75, 3.05) is 13.2 Å². The number of esters is 1. The van der Waals surface area contributed by atoms with Crippen LogP contribution in [-0.2, 0) is 14.3 Å². The number of imide groups is 1. The van der Waals surface area contributed by atoms with Crippen LogP contribution in [0.1, 0.15) is 50.4 Å². The van der Waals surface area contributed by atoms with Crippen molar-refractivity contribution in [3.63, 3.8) is 0 Å². The molecule has 1 aromatic rings. The number of amides is 3. The minimum Gasteiger partial charge on any atom is -0.456 e. The number of rotatable bonds is 5. The van der Waals surface area contributed by atoms with Crippen molar-refractivity contribution >= 4 is 39.6 Å². The number of carbonyl (C=O) groups excluding carboxylic acids is 4. The van der Waals surface area contributed by atoms with Crippen LogP contribution in [0, 0.1) is 11.3 Å². The molecule has 1 N–H and O–H groups in total. The van der Waals surface area contributed by atoms with Gasteiger partial charge in [0.2, 0.25) is 0 Å². The van der Waals surface area contributed by atoms with E-state index in [1.165, 1.54) is 0 Å². The highest BCUT2D eigenvalue weighted by Gasteiger charge is 2.56. The summed E-state index contributed by atoms with van der Waals surface area (Å²) in [6.07, 6.45) is 2.05. The summed E-state index contributed by atoms with van der Waals surface area (Å²) >= 11 is 3.29. The number of urea groups is 1. The molecule has 1 spiro atoms. The molecule has 2 unspecified atom stereocenters. The minimum absolute atomic E-state index is 0.0891. The number of halogens is 1. The fourth-order valence-corrected chi connectivity index (χ4v) is 4.95. The Morgan fingerprint density at radius 1 is 1.21 bits per heavy atom. The molecule has 0 bridgehead atoms. The second-order valence-corrected chi connectivity index (χ2v) is 9.76. The quantitative estimate of drug-likeness (QED) is 0.409. The number of Topliss-reactive ketones (excluding diaryl/α,β-unsaturated/α-hetero) is 1. The molecule has 156 valence electrons. The van der Waals surface area contributed by atoms with Crippen LogP contribution in [0.2, 0.25) is 0 Å². The molecule has 1 saturated carbocycles. The SMILES string of the molecule is CC1CC(C)(C)CC2(C1)NC(=O)N(CC(=O)OCC(=O)c1ccc(Br)cc1)C2=O. The maximum Gasteiger partial charge on any atom is 0.326 e. The van der Waals surface area contributed by atoms with E-state index in [1.807, 2.05) is 0 Å². The van der Waals surface area contributed by atoms with Gasteiger partial charge in [0.1, 0.15) is 12.1 Å². The van der Waals surface area contributed by atoms with E-state index in [4.69, 9.17) is 4.74 Å². The normalized spacial score (nSPS) is 25.8. The molecule has 29 heavy (non-hydrogen) atoms. The zero-order valence-electron chi connectivity index (χ0n) is 16.8. The highest BCUT2D eigenvalue weighted by atomic mass is 79.9. The van der Waals surface area contributed by atoms with Gasteiger partial charge in [-0.25, -0.2) is 4.79 Å². The molecular weight excluding hydrogens is 440 g/mol. The van der Waals surface area contributed by atoms with Crippen molar-refractivity contribution in [3.05, 3.63) is 34.3 Å². The molecular formula is C21H25BrN2O5. The van der Waals surface area contributed by atoms with Crippen LogP contribution in [0.15, 0.2) is 28.7 Å². The van der Waals surface area contributed by atoms with E-state index < -0.39 is 36.6 Å². The Morgan fingerprint density at radius 3 is 2.48 bits per heavy atom. The number of ketones is 1. The fourth-order valence-electron chi connectivity index (χ4n) is 4.69. The average Bonchev–Trinajstić information content (AvgIpc) is 2.82. The van der Waals surface area contributed by atoms with Crippen LogP contribution < -0.4 is 5.32 Å². The zero-order chi connectivity index (χ0) is 21.4. The van der Waals surface area contributed by atoms with Crippen LogP contribution in [0.25, 0.3) is 0 Å². The van der Waals surface area contributed by atoms with Gasteiger partial charge in [0.25, 0.3) is 5.91 Å². The first kappa shape index (κ1) is 21.5. The number of nitrogens with zero attached hydrogens (tertiary/aromatic N) is 1. The molecule has 2 aliphatic rings. The van der Waals surface area contributed by atoms with Gasteiger partial charge in [-0.1, -0.05) is 48.8 Å². The lowest BCUT2D eigenvalue weighted by Gasteiger charge is -2.43. The van der Waals surface area contributed by atoms with Gasteiger partial charge in [-0.3, -0.25) is 19.3 Å². The Labute approximate surface area is 178 Å². The van der Waals surface area contributed by atoms with Crippen LogP contribution in [0.4, 0.5) is 4.79 Å². The van der Waals surface area contributed by atoms with E-state index in [1.54, 1.807) is 24.3 Å². The summed E-state index contributed by atoms with van der Waals surface area (Å²) in [6, 6.07) is 6.08. The largest absolute Gasteiger partial charge is 0.456 e. The molecule has 1 heterocycles. The number of ether oxygens (including phenoxy) is 1. The third kappa shape index (κ3) is 4.69. The molecule has 1 aliphatic carbocycles. The maximum atomic E-state index is 13.0. The summed E-state index contributed by atoms with van der Waals surface area (Å²) in [5.41, 5.74) is -0.645. The number of hydrogen-bond acceptors (Lipinski definition) is 5.